The first-order valence-corrected chi connectivity index (χ1v) is 11.1. The summed E-state index contributed by atoms with van der Waals surface area (Å²) in [5, 5.41) is 0. The molecule has 0 saturated heterocycles. The van der Waals surface area contributed by atoms with Crippen molar-refractivity contribution in [2.24, 2.45) is 5.92 Å². The van der Waals surface area contributed by atoms with Crippen molar-refractivity contribution in [3.8, 4) is 5.75 Å². The van der Waals surface area contributed by atoms with E-state index < -0.39 is 15.8 Å². The number of hydrogen-bond acceptors (Lipinski definition) is 4. The molecule has 6 nitrogen and oxygen atoms in total. The molecule has 0 aliphatic carbocycles. The van der Waals surface area contributed by atoms with Gasteiger partial charge in [0, 0.05) is 24.7 Å². The molecule has 0 radical (unpaired) electrons. The van der Waals surface area contributed by atoms with Gasteiger partial charge in [-0.25, -0.2) is 12.8 Å². The van der Waals surface area contributed by atoms with Crippen LogP contribution in [0.15, 0.2) is 41.3 Å². The first kappa shape index (κ1) is 21.1. The number of amides is 1. The Morgan fingerprint density at radius 1 is 1.21 bits per heavy atom. The zero-order valence-corrected chi connectivity index (χ0v) is 17.6. The highest BCUT2D eigenvalue weighted by Gasteiger charge is 2.23. The molecule has 156 valence electrons. The number of carbonyl (C=O) groups excluding carboxylic acids is 1. The maximum absolute atomic E-state index is 14.1. The zero-order valence-electron chi connectivity index (χ0n) is 16.7. The zero-order chi connectivity index (χ0) is 21.2. The Labute approximate surface area is 170 Å². The Bertz CT molecular complexity index is 1020. The van der Waals surface area contributed by atoms with Crippen LogP contribution in [-0.4, -0.2) is 32.4 Å². The van der Waals surface area contributed by atoms with Crippen molar-refractivity contribution in [3.63, 3.8) is 0 Å². The first-order chi connectivity index (χ1) is 13.7. The van der Waals surface area contributed by atoms with Crippen molar-refractivity contribution in [1.82, 2.24) is 4.90 Å². The highest BCUT2D eigenvalue weighted by molar-refractivity contribution is 7.92. The van der Waals surface area contributed by atoms with E-state index >= 15 is 0 Å². The monoisotopic (exact) mass is 420 g/mol. The smallest absolute Gasteiger partial charge is 0.262 e. The number of sulfonamides is 1. The number of anilines is 1. The molecule has 1 N–H and O–H groups in total. The summed E-state index contributed by atoms with van der Waals surface area (Å²) in [4.78, 5) is 13.9. The van der Waals surface area contributed by atoms with E-state index in [2.05, 4.69) is 4.72 Å². The van der Waals surface area contributed by atoms with Gasteiger partial charge in [0.1, 0.15) is 0 Å². The number of fused-ring (bicyclic) bond motifs is 1. The predicted molar refractivity (Wildman–Crippen MR) is 109 cm³/mol. The van der Waals surface area contributed by atoms with Crippen molar-refractivity contribution in [1.29, 1.82) is 0 Å². The lowest BCUT2D eigenvalue weighted by molar-refractivity contribution is -0.135. The Hall–Kier alpha value is -2.61. The lowest BCUT2D eigenvalue weighted by Crippen LogP contribution is -2.38. The van der Waals surface area contributed by atoms with E-state index in [0.717, 1.165) is 23.6 Å². The highest BCUT2D eigenvalue weighted by atomic mass is 32.2. The van der Waals surface area contributed by atoms with Crippen molar-refractivity contribution < 1.29 is 22.3 Å². The molecule has 1 aliphatic rings. The van der Waals surface area contributed by atoms with E-state index in [4.69, 9.17) is 4.74 Å². The molecular weight excluding hydrogens is 395 g/mol. The van der Waals surface area contributed by atoms with Crippen LogP contribution in [0.4, 0.5) is 10.1 Å². The van der Waals surface area contributed by atoms with E-state index in [1.807, 2.05) is 19.9 Å². The van der Waals surface area contributed by atoms with Crippen molar-refractivity contribution in [2.75, 3.05) is 17.9 Å². The molecule has 0 atom stereocenters. The third-order valence-electron chi connectivity index (χ3n) is 4.79. The number of hydrogen-bond donors (Lipinski definition) is 1. The van der Waals surface area contributed by atoms with Gasteiger partial charge < -0.3 is 9.64 Å². The molecule has 0 spiro atoms. The summed E-state index contributed by atoms with van der Waals surface area (Å²) in [6.45, 7) is 6.82. The van der Waals surface area contributed by atoms with Crippen LogP contribution in [0.5, 0.6) is 5.75 Å². The van der Waals surface area contributed by atoms with E-state index in [9.17, 15) is 17.6 Å². The molecule has 0 fully saturated rings. The van der Waals surface area contributed by atoms with Gasteiger partial charge in [0.25, 0.3) is 10.0 Å². The molecular formula is C21H25FN2O4S. The van der Waals surface area contributed by atoms with E-state index in [-0.39, 0.29) is 29.1 Å². The summed E-state index contributed by atoms with van der Waals surface area (Å²) >= 11 is 0. The summed E-state index contributed by atoms with van der Waals surface area (Å²) < 4.78 is 47.0. The summed E-state index contributed by atoms with van der Waals surface area (Å²) in [7, 11) is -3.96. The second-order valence-electron chi connectivity index (χ2n) is 7.28. The second-order valence-corrected chi connectivity index (χ2v) is 8.96. The first-order valence-electron chi connectivity index (χ1n) is 9.57. The Morgan fingerprint density at radius 3 is 2.62 bits per heavy atom. The van der Waals surface area contributed by atoms with Gasteiger partial charge in [-0.15, -0.1) is 0 Å². The molecule has 0 bridgehead atoms. The highest BCUT2D eigenvalue weighted by Crippen LogP contribution is 2.26. The second kappa shape index (κ2) is 8.41. The van der Waals surface area contributed by atoms with Gasteiger partial charge in [0.05, 0.1) is 11.5 Å². The number of ether oxygens (including phenoxy) is 1. The molecule has 1 aliphatic heterocycles. The average molecular weight is 421 g/mol. The number of halogens is 1. The summed E-state index contributed by atoms with van der Waals surface area (Å²) in [6, 6.07) is 8.82. The largest absolute Gasteiger partial charge is 0.491 e. The van der Waals surface area contributed by atoms with Gasteiger partial charge in [-0.05, 0) is 54.8 Å². The lowest BCUT2D eigenvalue weighted by atomic mass is 9.98. The maximum Gasteiger partial charge on any atom is 0.262 e. The Balaban J connectivity index is 1.81. The minimum atomic E-state index is -3.96. The molecule has 0 aromatic heterocycles. The minimum absolute atomic E-state index is 0.00939. The SMILES string of the molecule is CCOc1ccc(S(=O)(=O)Nc2ccc3c(c2)CN(C(=O)C(C)C)CC3)cc1F. The van der Waals surface area contributed by atoms with E-state index in [1.54, 1.807) is 24.0 Å². The van der Waals surface area contributed by atoms with Gasteiger partial charge in [0.2, 0.25) is 5.91 Å². The number of rotatable bonds is 6. The van der Waals surface area contributed by atoms with Crippen LogP contribution in [-0.2, 0) is 27.8 Å². The molecule has 3 rings (SSSR count). The predicted octanol–water partition coefficient (Wildman–Crippen LogP) is 3.57. The Morgan fingerprint density at radius 2 is 1.97 bits per heavy atom. The van der Waals surface area contributed by atoms with Gasteiger partial charge >= 0.3 is 0 Å². The van der Waals surface area contributed by atoms with Crippen molar-refractivity contribution >= 4 is 21.6 Å². The molecule has 8 heteroatoms. The molecule has 1 amide bonds. The average Bonchev–Trinajstić information content (AvgIpc) is 2.68. The molecule has 0 saturated carbocycles. The summed E-state index contributed by atoms with van der Waals surface area (Å²) in [6.07, 6.45) is 0.727. The van der Waals surface area contributed by atoms with Crippen LogP contribution in [0.1, 0.15) is 31.9 Å². The Kier molecular flexibility index (Phi) is 6.12. The van der Waals surface area contributed by atoms with Crippen LogP contribution in [0.2, 0.25) is 0 Å². The van der Waals surface area contributed by atoms with Gasteiger partial charge in [-0.3, -0.25) is 9.52 Å². The van der Waals surface area contributed by atoms with Crippen LogP contribution < -0.4 is 9.46 Å². The van der Waals surface area contributed by atoms with Crippen LogP contribution >= 0.6 is 0 Å². The van der Waals surface area contributed by atoms with Crippen molar-refractivity contribution in [3.05, 3.63) is 53.3 Å². The summed E-state index contributed by atoms with van der Waals surface area (Å²) in [5.74, 6) is -0.738. The fraction of sp³-hybridized carbons (Fsp3) is 0.381. The summed E-state index contributed by atoms with van der Waals surface area (Å²) in [5.41, 5.74) is 2.37. The van der Waals surface area contributed by atoms with Crippen LogP contribution in [0.3, 0.4) is 0 Å². The van der Waals surface area contributed by atoms with Gasteiger partial charge in [0.15, 0.2) is 11.6 Å². The minimum Gasteiger partial charge on any atom is -0.491 e. The number of carbonyl (C=O) groups is 1. The number of nitrogens with one attached hydrogen (secondary N) is 1. The number of nitrogens with zero attached hydrogens (tertiary/aromatic N) is 1. The normalized spacial score (nSPS) is 13.9. The molecule has 29 heavy (non-hydrogen) atoms. The van der Waals surface area contributed by atoms with Gasteiger partial charge in [-0.2, -0.15) is 0 Å². The molecule has 2 aromatic rings. The standard InChI is InChI=1S/C21H25FN2O4S/c1-4-28-20-8-7-18(12-19(20)22)29(26,27)23-17-6-5-15-9-10-24(13-16(15)11-17)21(25)14(2)3/h5-8,11-12,14,23H,4,9-10,13H2,1-3H3. The van der Waals surface area contributed by atoms with Crippen molar-refractivity contribution in [2.45, 2.75) is 38.6 Å². The third-order valence-corrected chi connectivity index (χ3v) is 6.17. The molecule has 2 aromatic carbocycles. The topological polar surface area (TPSA) is 75.7 Å². The van der Waals surface area contributed by atoms with E-state index in [1.165, 1.54) is 12.1 Å². The molecule has 0 unspecified atom stereocenters. The maximum atomic E-state index is 14.1. The lowest BCUT2D eigenvalue weighted by Gasteiger charge is -2.30. The number of benzene rings is 2. The molecule has 1 heterocycles. The van der Waals surface area contributed by atoms with E-state index in [0.29, 0.717) is 18.8 Å². The van der Waals surface area contributed by atoms with Gasteiger partial charge in [-0.1, -0.05) is 19.9 Å². The quantitative estimate of drug-likeness (QED) is 0.775. The van der Waals surface area contributed by atoms with Crippen LogP contribution in [0, 0.1) is 11.7 Å². The van der Waals surface area contributed by atoms with Crippen LogP contribution in [0.25, 0.3) is 0 Å². The third kappa shape index (κ3) is 4.70. The fourth-order valence-electron chi connectivity index (χ4n) is 3.31. The fourth-order valence-corrected chi connectivity index (χ4v) is 4.37.